The number of aromatic nitrogens is 1. The predicted molar refractivity (Wildman–Crippen MR) is 150 cm³/mol. The van der Waals surface area contributed by atoms with Gasteiger partial charge in [0.2, 0.25) is 0 Å². The summed E-state index contributed by atoms with van der Waals surface area (Å²) >= 11 is 0. The minimum Gasteiger partial charge on any atom is -0.496 e. The van der Waals surface area contributed by atoms with Crippen molar-refractivity contribution in [2.45, 2.75) is 57.2 Å². The Morgan fingerprint density at radius 1 is 1.02 bits per heavy atom. The maximum atomic E-state index is 14.8. The number of carboxylic acid groups (broad SMARTS) is 1. The van der Waals surface area contributed by atoms with Crippen molar-refractivity contribution in [3.63, 3.8) is 0 Å². The lowest BCUT2D eigenvalue weighted by molar-refractivity contribution is -0.143. The van der Waals surface area contributed by atoms with Gasteiger partial charge in [0, 0.05) is 36.7 Å². The number of anilines is 1. The van der Waals surface area contributed by atoms with Crippen LogP contribution in [0.2, 0.25) is 0 Å². The van der Waals surface area contributed by atoms with Crippen LogP contribution in [0, 0.1) is 5.82 Å². The van der Waals surface area contributed by atoms with E-state index in [1.165, 1.54) is 20.1 Å². The molecule has 8 nitrogen and oxygen atoms in total. The maximum Gasteiger partial charge on any atom is 0.416 e. The predicted octanol–water partition coefficient (Wildman–Crippen LogP) is 7.24. The molecule has 5 rings (SSSR count). The molecule has 0 saturated carbocycles. The van der Waals surface area contributed by atoms with Crippen LogP contribution < -0.4 is 9.64 Å². The molecule has 0 radical (unpaired) electrons. The van der Waals surface area contributed by atoms with Gasteiger partial charge in [0.1, 0.15) is 23.5 Å². The molecular formula is C31H28F7N3O5. The van der Waals surface area contributed by atoms with Crippen LogP contribution in [0.1, 0.15) is 53.8 Å². The molecule has 1 amide bonds. The number of hydrogen-bond acceptors (Lipinski definition) is 6. The standard InChI is InChI=1S/C31H28F7N3O5/c1-16-28(18-10-19(30(33,34)35)13-20(11-18)31(36,37)38)46-29(44)41(16)15-24-21(5-6-26(39-24)40-8-3-9-40)22-12-17(4-7-27(42)43)23(32)14-25(22)45-2/h5-6,10-14,16,28H,3-4,7-9,15H2,1-2H3,(H,42,43)/t16-,28-/m0/s1. The fourth-order valence-corrected chi connectivity index (χ4v) is 5.45. The molecule has 2 atom stereocenters. The summed E-state index contributed by atoms with van der Waals surface area (Å²) in [7, 11) is 1.31. The van der Waals surface area contributed by atoms with Gasteiger partial charge in [-0.05, 0) is 67.3 Å². The first kappa shape index (κ1) is 32.8. The molecule has 1 N–H and O–H groups in total. The fraction of sp³-hybridized carbons (Fsp3) is 0.387. The topological polar surface area (TPSA) is 92.2 Å². The Morgan fingerprint density at radius 3 is 2.22 bits per heavy atom. The highest BCUT2D eigenvalue weighted by Gasteiger charge is 2.43. The third-order valence-electron chi connectivity index (χ3n) is 8.06. The Kier molecular flexibility index (Phi) is 8.79. The van der Waals surface area contributed by atoms with Crippen molar-refractivity contribution in [1.82, 2.24) is 9.88 Å². The zero-order valence-electron chi connectivity index (χ0n) is 24.5. The van der Waals surface area contributed by atoms with Crippen molar-refractivity contribution >= 4 is 17.9 Å². The van der Waals surface area contributed by atoms with Crippen LogP contribution in [0.5, 0.6) is 5.75 Å². The van der Waals surface area contributed by atoms with E-state index in [4.69, 9.17) is 19.6 Å². The van der Waals surface area contributed by atoms with E-state index in [0.29, 0.717) is 42.2 Å². The lowest BCUT2D eigenvalue weighted by atomic mass is 9.96. The summed E-state index contributed by atoms with van der Waals surface area (Å²) in [6, 6.07) is 5.96. The highest BCUT2D eigenvalue weighted by molar-refractivity contribution is 5.76. The SMILES string of the molecule is COc1cc(F)c(CCC(=O)O)cc1-c1ccc(N2CCC2)nc1CN1C(=O)O[C@H](c2cc(C(F)(F)F)cc(C(F)(F)F)c2)[C@@H]1C. The number of alkyl halides is 6. The van der Waals surface area contributed by atoms with Crippen molar-refractivity contribution in [2.24, 2.45) is 0 Å². The second kappa shape index (κ2) is 12.3. The second-order valence-corrected chi connectivity index (χ2v) is 11.1. The average Bonchev–Trinajstić information content (AvgIpc) is 3.23. The molecule has 2 fully saturated rings. The van der Waals surface area contributed by atoms with E-state index < -0.39 is 59.1 Å². The third-order valence-corrected chi connectivity index (χ3v) is 8.06. The summed E-state index contributed by atoms with van der Waals surface area (Å²) in [5.74, 6) is -1.17. The smallest absolute Gasteiger partial charge is 0.416 e. The molecule has 46 heavy (non-hydrogen) atoms. The number of benzene rings is 2. The number of aliphatic carboxylic acids is 1. The molecule has 2 saturated heterocycles. The maximum absolute atomic E-state index is 14.8. The lowest BCUT2D eigenvalue weighted by Crippen LogP contribution is -2.38. The Balaban J connectivity index is 1.55. The highest BCUT2D eigenvalue weighted by atomic mass is 19.4. The normalized spacial score (nSPS) is 18.4. The van der Waals surface area contributed by atoms with Gasteiger partial charge in [-0.15, -0.1) is 0 Å². The zero-order chi connectivity index (χ0) is 33.6. The van der Waals surface area contributed by atoms with E-state index >= 15 is 0 Å². The number of nitrogens with zero attached hydrogens (tertiary/aromatic N) is 3. The van der Waals surface area contributed by atoms with Crippen LogP contribution in [0.3, 0.4) is 0 Å². The zero-order valence-corrected chi connectivity index (χ0v) is 24.5. The van der Waals surface area contributed by atoms with Crippen molar-refractivity contribution in [3.05, 3.63) is 76.2 Å². The van der Waals surface area contributed by atoms with Crippen LogP contribution in [-0.4, -0.2) is 53.3 Å². The molecule has 3 aromatic rings. The van der Waals surface area contributed by atoms with Crippen molar-refractivity contribution in [2.75, 3.05) is 25.1 Å². The Bertz CT molecular complexity index is 1620. The molecule has 0 aliphatic carbocycles. The number of carbonyl (C=O) groups is 2. The number of cyclic esters (lactones) is 1. The first-order valence-electron chi connectivity index (χ1n) is 14.2. The number of pyridine rings is 1. The fourth-order valence-electron chi connectivity index (χ4n) is 5.45. The Labute approximate surface area is 258 Å². The van der Waals surface area contributed by atoms with Gasteiger partial charge in [-0.2, -0.15) is 26.3 Å². The van der Waals surface area contributed by atoms with Crippen LogP contribution in [-0.2, 0) is 34.8 Å². The van der Waals surface area contributed by atoms with Crippen molar-refractivity contribution in [3.8, 4) is 16.9 Å². The molecule has 2 aliphatic rings. The molecule has 1 aromatic heterocycles. The van der Waals surface area contributed by atoms with E-state index in [9.17, 15) is 40.3 Å². The molecule has 15 heteroatoms. The average molecular weight is 656 g/mol. The summed E-state index contributed by atoms with van der Waals surface area (Å²) < 4.78 is 107. The molecule has 0 spiro atoms. The summed E-state index contributed by atoms with van der Waals surface area (Å²) in [5.41, 5.74) is -2.46. The van der Waals surface area contributed by atoms with Gasteiger partial charge in [0.05, 0.1) is 36.5 Å². The van der Waals surface area contributed by atoms with Gasteiger partial charge >= 0.3 is 24.4 Å². The molecular weight excluding hydrogens is 627 g/mol. The van der Waals surface area contributed by atoms with E-state index in [0.717, 1.165) is 17.4 Å². The molecule has 3 heterocycles. The number of carbonyl (C=O) groups excluding carboxylic acids is 1. The number of halogens is 7. The number of rotatable bonds is 9. The molecule has 246 valence electrons. The second-order valence-electron chi connectivity index (χ2n) is 11.1. The van der Waals surface area contributed by atoms with E-state index in [1.54, 1.807) is 12.1 Å². The van der Waals surface area contributed by atoms with Crippen molar-refractivity contribution in [1.29, 1.82) is 0 Å². The largest absolute Gasteiger partial charge is 0.496 e. The minimum atomic E-state index is -5.09. The Hall–Kier alpha value is -4.56. The first-order valence-corrected chi connectivity index (χ1v) is 14.2. The van der Waals surface area contributed by atoms with Gasteiger partial charge in [-0.3, -0.25) is 9.69 Å². The van der Waals surface area contributed by atoms with Crippen molar-refractivity contribution < 1.29 is 54.9 Å². The van der Waals surface area contributed by atoms with Gasteiger partial charge < -0.3 is 19.5 Å². The first-order chi connectivity index (χ1) is 21.6. The molecule has 0 unspecified atom stereocenters. The molecule has 2 aromatic carbocycles. The quantitative estimate of drug-likeness (QED) is 0.243. The summed E-state index contributed by atoms with van der Waals surface area (Å²) in [6.45, 7) is 2.59. The lowest BCUT2D eigenvalue weighted by Gasteiger charge is -2.33. The van der Waals surface area contributed by atoms with Gasteiger partial charge in [-0.25, -0.2) is 14.2 Å². The number of methoxy groups -OCH3 is 1. The summed E-state index contributed by atoms with van der Waals surface area (Å²) in [4.78, 5) is 32.1. The number of carboxylic acids is 1. The van der Waals surface area contributed by atoms with E-state index in [1.807, 2.05) is 4.90 Å². The van der Waals surface area contributed by atoms with E-state index in [2.05, 4.69) is 0 Å². The summed E-state index contributed by atoms with van der Waals surface area (Å²) in [6.07, 6.45) is -12.2. The van der Waals surface area contributed by atoms with Crippen LogP contribution in [0.25, 0.3) is 11.1 Å². The number of aryl methyl sites for hydroxylation is 1. The highest BCUT2D eigenvalue weighted by Crippen LogP contribution is 2.42. The Morgan fingerprint density at radius 2 is 1.67 bits per heavy atom. The number of amides is 1. The van der Waals surface area contributed by atoms with Gasteiger partial charge in [0.25, 0.3) is 0 Å². The van der Waals surface area contributed by atoms with Crippen LogP contribution >= 0.6 is 0 Å². The van der Waals surface area contributed by atoms with Crippen LogP contribution in [0.4, 0.5) is 41.3 Å². The van der Waals surface area contributed by atoms with Crippen LogP contribution in [0.15, 0.2) is 42.5 Å². The number of ether oxygens (including phenoxy) is 2. The molecule has 2 aliphatic heterocycles. The van der Waals surface area contributed by atoms with Gasteiger partial charge in [0.15, 0.2) is 0 Å². The van der Waals surface area contributed by atoms with E-state index in [-0.39, 0.29) is 42.5 Å². The third kappa shape index (κ3) is 6.67. The summed E-state index contributed by atoms with van der Waals surface area (Å²) in [5, 5.41) is 9.11. The number of hydrogen-bond donors (Lipinski definition) is 1. The molecule has 0 bridgehead atoms. The van der Waals surface area contributed by atoms with Gasteiger partial charge in [-0.1, -0.05) is 0 Å². The monoisotopic (exact) mass is 655 g/mol. The minimum absolute atomic E-state index is 0.000981.